The first-order valence-electron chi connectivity index (χ1n) is 5.94. The molecule has 2 N–H and O–H groups in total. The Morgan fingerprint density at radius 3 is 2.44 bits per heavy atom. The molecule has 1 spiro atoms. The molecule has 3 heterocycles. The van der Waals surface area contributed by atoms with Gasteiger partial charge < -0.3 is 5.32 Å². The zero-order valence-electron chi connectivity index (χ0n) is 10.1. The van der Waals surface area contributed by atoms with Crippen molar-refractivity contribution in [3.05, 3.63) is 17.0 Å². The van der Waals surface area contributed by atoms with Gasteiger partial charge in [0, 0.05) is 43.7 Å². The van der Waals surface area contributed by atoms with Crippen molar-refractivity contribution >= 4 is 0 Å². The number of aromatic amines is 1. The predicted molar refractivity (Wildman–Crippen MR) is 58.9 cm³/mol. The highest BCUT2D eigenvalue weighted by molar-refractivity contribution is 5.26. The fraction of sp³-hybridized carbons (Fsp3) is 0.727. The molecule has 0 bridgehead atoms. The van der Waals surface area contributed by atoms with Crippen LogP contribution in [-0.4, -0.2) is 41.3 Å². The standard InChI is InChI=1S/C11H15F3N4/c1-7-8(16-17-9(7)11(12,13)14)2-18-5-10(6-18)3-15-4-10/h15H,2-6H2,1H3,(H,16,17). The van der Waals surface area contributed by atoms with Gasteiger partial charge >= 0.3 is 6.18 Å². The number of rotatable bonds is 2. The van der Waals surface area contributed by atoms with E-state index in [-0.39, 0.29) is 5.56 Å². The first-order valence-corrected chi connectivity index (χ1v) is 5.94. The van der Waals surface area contributed by atoms with E-state index in [1.807, 2.05) is 0 Å². The van der Waals surface area contributed by atoms with Crippen molar-refractivity contribution in [1.29, 1.82) is 0 Å². The van der Waals surface area contributed by atoms with E-state index >= 15 is 0 Å². The van der Waals surface area contributed by atoms with Gasteiger partial charge in [-0.05, 0) is 6.92 Å². The van der Waals surface area contributed by atoms with Crippen LogP contribution in [0.25, 0.3) is 0 Å². The minimum absolute atomic E-state index is 0.218. The molecule has 100 valence electrons. The molecule has 0 aromatic carbocycles. The van der Waals surface area contributed by atoms with E-state index in [4.69, 9.17) is 0 Å². The highest BCUT2D eigenvalue weighted by atomic mass is 19.4. The van der Waals surface area contributed by atoms with Crippen molar-refractivity contribution < 1.29 is 13.2 Å². The minimum Gasteiger partial charge on any atom is -0.315 e. The number of H-pyrrole nitrogens is 1. The molecule has 0 radical (unpaired) electrons. The zero-order chi connectivity index (χ0) is 13.0. The van der Waals surface area contributed by atoms with E-state index in [0.29, 0.717) is 17.7 Å². The molecule has 1 aromatic rings. The van der Waals surface area contributed by atoms with Crippen molar-refractivity contribution in [1.82, 2.24) is 20.4 Å². The third kappa shape index (κ3) is 1.81. The van der Waals surface area contributed by atoms with Gasteiger partial charge in [0.05, 0.1) is 5.69 Å². The quantitative estimate of drug-likeness (QED) is 0.838. The van der Waals surface area contributed by atoms with E-state index in [0.717, 1.165) is 26.2 Å². The fourth-order valence-electron chi connectivity index (χ4n) is 2.80. The first kappa shape index (κ1) is 12.0. The summed E-state index contributed by atoms with van der Waals surface area (Å²) in [5.41, 5.74) is 0.388. The summed E-state index contributed by atoms with van der Waals surface area (Å²) < 4.78 is 37.7. The van der Waals surface area contributed by atoms with E-state index in [1.54, 1.807) is 0 Å². The topological polar surface area (TPSA) is 44.0 Å². The molecule has 2 aliphatic rings. The van der Waals surface area contributed by atoms with Gasteiger partial charge in [0.2, 0.25) is 0 Å². The van der Waals surface area contributed by atoms with E-state index in [2.05, 4.69) is 20.4 Å². The van der Waals surface area contributed by atoms with Crippen LogP contribution in [0.4, 0.5) is 13.2 Å². The number of aromatic nitrogens is 2. The van der Waals surface area contributed by atoms with E-state index in [1.165, 1.54) is 6.92 Å². The average molecular weight is 260 g/mol. The molecule has 2 fully saturated rings. The van der Waals surface area contributed by atoms with Crippen molar-refractivity contribution in [2.75, 3.05) is 26.2 Å². The van der Waals surface area contributed by atoms with Gasteiger partial charge in [0.25, 0.3) is 0 Å². The number of nitrogens with zero attached hydrogens (tertiary/aromatic N) is 2. The molecular formula is C11H15F3N4. The maximum absolute atomic E-state index is 12.6. The summed E-state index contributed by atoms with van der Waals surface area (Å²) in [6.45, 7) is 5.97. The number of nitrogens with one attached hydrogen (secondary N) is 2. The Morgan fingerprint density at radius 1 is 1.33 bits per heavy atom. The SMILES string of the molecule is Cc1c(C(F)(F)F)n[nH]c1CN1CC2(CNC2)C1. The van der Waals surface area contributed by atoms with Crippen molar-refractivity contribution in [2.24, 2.45) is 5.41 Å². The van der Waals surface area contributed by atoms with Crippen LogP contribution < -0.4 is 5.32 Å². The molecule has 7 heteroatoms. The number of alkyl halides is 3. The van der Waals surface area contributed by atoms with Gasteiger partial charge in [0.1, 0.15) is 0 Å². The summed E-state index contributed by atoms with van der Waals surface area (Å²) in [4.78, 5) is 2.15. The third-order valence-corrected chi connectivity index (χ3v) is 3.88. The van der Waals surface area contributed by atoms with Crippen LogP contribution in [0.15, 0.2) is 0 Å². The second kappa shape index (κ2) is 3.71. The highest BCUT2D eigenvalue weighted by Gasteiger charge is 2.47. The summed E-state index contributed by atoms with van der Waals surface area (Å²) >= 11 is 0. The lowest BCUT2D eigenvalue weighted by Crippen LogP contribution is -2.70. The van der Waals surface area contributed by atoms with E-state index < -0.39 is 11.9 Å². The largest absolute Gasteiger partial charge is 0.435 e. The second-order valence-corrected chi connectivity index (χ2v) is 5.42. The lowest BCUT2D eigenvalue weighted by atomic mass is 9.74. The lowest BCUT2D eigenvalue weighted by Gasteiger charge is -2.56. The maximum atomic E-state index is 12.6. The number of likely N-dealkylation sites (tertiary alicyclic amines) is 1. The molecule has 0 amide bonds. The summed E-state index contributed by atoms with van der Waals surface area (Å²) in [7, 11) is 0. The monoisotopic (exact) mass is 260 g/mol. The van der Waals surface area contributed by atoms with Crippen LogP contribution in [0, 0.1) is 12.3 Å². The predicted octanol–water partition coefficient (Wildman–Crippen LogP) is 1.14. The van der Waals surface area contributed by atoms with Crippen LogP contribution in [0.1, 0.15) is 17.0 Å². The van der Waals surface area contributed by atoms with Crippen LogP contribution in [-0.2, 0) is 12.7 Å². The Kier molecular flexibility index (Phi) is 2.47. The first-order chi connectivity index (χ1) is 8.40. The minimum atomic E-state index is -4.37. The molecule has 2 aliphatic heterocycles. The second-order valence-electron chi connectivity index (χ2n) is 5.42. The number of halogens is 3. The molecular weight excluding hydrogens is 245 g/mol. The van der Waals surface area contributed by atoms with Crippen LogP contribution in [0.2, 0.25) is 0 Å². The van der Waals surface area contributed by atoms with Gasteiger partial charge in [-0.1, -0.05) is 0 Å². The third-order valence-electron chi connectivity index (χ3n) is 3.88. The highest BCUT2D eigenvalue weighted by Crippen LogP contribution is 2.36. The molecule has 18 heavy (non-hydrogen) atoms. The Hall–Kier alpha value is -1.08. The van der Waals surface area contributed by atoms with Crippen LogP contribution in [0.5, 0.6) is 0 Å². The van der Waals surface area contributed by atoms with Gasteiger partial charge in [-0.15, -0.1) is 0 Å². The molecule has 3 rings (SSSR count). The zero-order valence-corrected chi connectivity index (χ0v) is 10.1. The van der Waals surface area contributed by atoms with E-state index in [9.17, 15) is 13.2 Å². The average Bonchev–Trinajstić information content (AvgIpc) is 2.49. The summed E-state index contributed by atoms with van der Waals surface area (Å²) in [6, 6.07) is 0. The number of hydrogen-bond donors (Lipinski definition) is 2. The van der Waals surface area contributed by atoms with Crippen LogP contribution in [0.3, 0.4) is 0 Å². The molecule has 2 saturated heterocycles. The Morgan fingerprint density at radius 2 is 2.00 bits per heavy atom. The maximum Gasteiger partial charge on any atom is 0.435 e. The Labute approximate surface area is 103 Å². The molecule has 0 unspecified atom stereocenters. The van der Waals surface area contributed by atoms with Crippen molar-refractivity contribution in [3.63, 3.8) is 0 Å². The normalized spacial score (nSPS) is 22.9. The van der Waals surface area contributed by atoms with Gasteiger partial charge in [-0.2, -0.15) is 18.3 Å². The smallest absolute Gasteiger partial charge is 0.315 e. The molecule has 0 saturated carbocycles. The van der Waals surface area contributed by atoms with Gasteiger partial charge in [0.15, 0.2) is 5.69 Å². The van der Waals surface area contributed by atoms with Gasteiger partial charge in [-0.25, -0.2) is 0 Å². The summed E-state index contributed by atoms with van der Waals surface area (Å²) in [6.07, 6.45) is -4.37. The molecule has 1 aromatic heterocycles. The molecule has 0 atom stereocenters. The van der Waals surface area contributed by atoms with Gasteiger partial charge in [-0.3, -0.25) is 10.00 Å². The van der Waals surface area contributed by atoms with Crippen LogP contribution >= 0.6 is 0 Å². The fourth-order valence-corrected chi connectivity index (χ4v) is 2.80. The summed E-state index contributed by atoms with van der Waals surface area (Å²) in [5.74, 6) is 0. The summed E-state index contributed by atoms with van der Waals surface area (Å²) in [5, 5.41) is 9.12. The lowest BCUT2D eigenvalue weighted by molar-refractivity contribution is -0.141. The van der Waals surface area contributed by atoms with Crippen molar-refractivity contribution in [2.45, 2.75) is 19.6 Å². The Balaban J connectivity index is 1.65. The molecule has 0 aliphatic carbocycles. The van der Waals surface area contributed by atoms with Crippen molar-refractivity contribution in [3.8, 4) is 0 Å². The Bertz CT molecular complexity index is 453. The molecule has 4 nitrogen and oxygen atoms in total. The number of hydrogen-bond acceptors (Lipinski definition) is 3.